The Labute approximate surface area is 98.0 Å². The van der Waals surface area contributed by atoms with E-state index in [1.165, 1.54) is 12.1 Å². The first-order chi connectivity index (χ1) is 7.88. The van der Waals surface area contributed by atoms with Crippen LogP contribution in [0.5, 0.6) is 0 Å². The number of nitrogens with one attached hydrogen (secondary N) is 1. The molecule has 0 radical (unpaired) electrons. The van der Waals surface area contributed by atoms with Gasteiger partial charge in [-0.3, -0.25) is 4.79 Å². The number of fused-ring (bicyclic) bond motifs is 1. The first-order valence-electron chi connectivity index (χ1n) is 4.90. The van der Waals surface area contributed by atoms with E-state index < -0.39 is 15.8 Å². The summed E-state index contributed by atoms with van der Waals surface area (Å²) in [5.41, 5.74) is 1.31. The van der Waals surface area contributed by atoms with Crippen LogP contribution < -0.4 is 0 Å². The molecule has 0 fully saturated rings. The summed E-state index contributed by atoms with van der Waals surface area (Å²) in [4.78, 5) is 13.8. The largest absolute Gasteiger partial charge is 0.481 e. The highest BCUT2D eigenvalue weighted by molar-refractivity contribution is 7.90. The number of benzene rings is 1. The topological polar surface area (TPSA) is 87.2 Å². The number of aromatic amines is 1. The van der Waals surface area contributed by atoms with E-state index in [0.717, 1.165) is 11.8 Å². The third kappa shape index (κ3) is 2.31. The van der Waals surface area contributed by atoms with E-state index in [4.69, 9.17) is 5.11 Å². The molecule has 2 aromatic rings. The van der Waals surface area contributed by atoms with E-state index >= 15 is 0 Å². The van der Waals surface area contributed by atoms with Crippen LogP contribution in [0.15, 0.2) is 29.3 Å². The minimum atomic E-state index is -3.28. The van der Waals surface area contributed by atoms with Crippen LogP contribution in [-0.4, -0.2) is 30.7 Å². The summed E-state index contributed by atoms with van der Waals surface area (Å²) in [5.74, 6) is -0.948. The number of aromatic nitrogens is 1. The Kier molecular flexibility index (Phi) is 2.66. The highest BCUT2D eigenvalue weighted by Crippen LogP contribution is 2.22. The average molecular weight is 253 g/mol. The number of carboxylic acids is 1. The molecule has 1 heterocycles. The molecule has 0 bridgehead atoms. The fraction of sp³-hybridized carbons (Fsp3) is 0.182. The maximum Gasteiger partial charge on any atom is 0.307 e. The number of rotatable bonds is 3. The number of sulfone groups is 1. The molecule has 17 heavy (non-hydrogen) atoms. The molecule has 0 aliphatic rings. The van der Waals surface area contributed by atoms with Gasteiger partial charge in [0.05, 0.1) is 11.3 Å². The molecule has 0 atom stereocenters. The minimum absolute atomic E-state index is 0.132. The van der Waals surface area contributed by atoms with E-state index in [1.54, 1.807) is 12.3 Å². The van der Waals surface area contributed by atoms with Gasteiger partial charge in [0.2, 0.25) is 0 Å². The molecule has 2 rings (SSSR count). The molecular weight excluding hydrogens is 242 g/mol. The van der Waals surface area contributed by atoms with Gasteiger partial charge < -0.3 is 10.1 Å². The summed E-state index contributed by atoms with van der Waals surface area (Å²) in [6.07, 6.45) is 2.58. The van der Waals surface area contributed by atoms with Crippen molar-refractivity contribution in [2.45, 2.75) is 11.3 Å². The van der Waals surface area contributed by atoms with Gasteiger partial charge in [-0.15, -0.1) is 0 Å². The van der Waals surface area contributed by atoms with Gasteiger partial charge in [0.15, 0.2) is 9.84 Å². The molecule has 5 nitrogen and oxygen atoms in total. The number of carbonyl (C=O) groups is 1. The van der Waals surface area contributed by atoms with Crippen LogP contribution in [-0.2, 0) is 21.1 Å². The zero-order chi connectivity index (χ0) is 12.6. The Hall–Kier alpha value is -1.82. The first kappa shape index (κ1) is 11.7. The van der Waals surface area contributed by atoms with Gasteiger partial charge in [-0.2, -0.15) is 0 Å². The quantitative estimate of drug-likeness (QED) is 0.860. The maximum absolute atomic E-state index is 11.4. The van der Waals surface area contributed by atoms with E-state index in [1.807, 2.05) is 0 Å². The number of hydrogen-bond donors (Lipinski definition) is 2. The monoisotopic (exact) mass is 253 g/mol. The Morgan fingerprint density at radius 2 is 2.12 bits per heavy atom. The molecule has 2 N–H and O–H groups in total. The van der Waals surface area contributed by atoms with Crippen molar-refractivity contribution in [3.63, 3.8) is 0 Å². The zero-order valence-corrected chi connectivity index (χ0v) is 9.91. The fourth-order valence-electron chi connectivity index (χ4n) is 1.70. The predicted octanol–water partition coefficient (Wildman–Crippen LogP) is 1.20. The molecule has 6 heteroatoms. The summed E-state index contributed by atoms with van der Waals surface area (Å²) < 4.78 is 22.8. The maximum atomic E-state index is 11.4. The van der Waals surface area contributed by atoms with Gasteiger partial charge in [0.25, 0.3) is 0 Å². The highest BCUT2D eigenvalue weighted by atomic mass is 32.2. The van der Waals surface area contributed by atoms with Crippen molar-refractivity contribution in [2.24, 2.45) is 0 Å². The number of hydrogen-bond acceptors (Lipinski definition) is 3. The molecule has 0 aliphatic heterocycles. The molecule has 1 aromatic carbocycles. The molecule has 0 amide bonds. The summed E-state index contributed by atoms with van der Waals surface area (Å²) in [6.45, 7) is 0. The zero-order valence-electron chi connectivity index (χ0n) is 9.10. The van der Waals surface area contributed by atoms with Crippen LogP contribution in [0, 0.1) is 0 Å². The van der Waals surface area contributed by atoms with E-state index in [0.29, 0.717) is 10.9 Å². The van der Waals surface area contributed by atoms with E-state index in [-0.39, 0.29) is 11.3 Å². The Balaban J connectivity index is 2.62. The van der Waals surface area contributed by atoms with Crippen LogP contribution in [0.4, 0.5) is 0 Å². The molecular formula is C11H11NO4S. The molecule has 0 saturated heterocycles. The SMILES string of the molecule is CS(=O)(=O)c1ccc2[nH]cc(CC(=O)O)c2c1. The van der Waals surface area contributed by atoms with Crippen molar-refractivity contribution in [3.8, 4) is 0 Å². The molecule has 0 spiro atoms. The summed E-state index contributed by atoms with van der Waals surface area (Å²) in [6, 6.07) is 4.63. The molecule has 0 aliphatic carbocycles. The van der Waals surface area contributed by atoms with Gasteiger partial charge in [-0.05, 0) is 23.8 Å². The van der Waals surface area contributed by atoms with Gasteiger partial charge >= 0.3 is 5.97 Å². The van der Waals surface area contributed by atoms with Gasteiger partial charge in [0, 0.05) is 23.4 Å². The molecule has 0 unspecified atom stereocenters. The van der Waals surface area contributed by atoms with Crippen LogP contribution >= 0.6 is 0 Å². The van der Waals surface area contributed by atoms with Crippen LogP contribution in [0.25, 0.3) is 10.9 Å². The van der Waals surface area contributed by atoms with Crippen molar-refractivity contribution in [1.29, 1.82) is 0 Å². The lowest BCUT2D eigenvalue weighted by atomic mass is 10.1. The second kappa shape index (κ2) is 3.89. The number of H-pyrrole nitrogens is 1. The van der Waals surface area contributed by atoms with Crippen LogP contribution in [0.3, 0.4) is 0 Å². The number of aliphatic carboxylic acids is 1. The smallest absolute Gasteiger partial charge is 0.307 e. The first-order valence-corrected chi connectivity index (χ1v) is 6.79. The minimum Gasteiger partial charge on any atom is -0.481 e. The summed E-state index contributed by atoms with van der Waals surface area (Å²) in [7, 11) is -3.28. The van der Waals surface area contributed by atoms with E-state index in [2.05, 4.69) is 4.98 Å². The Morgan fingerprint density at radius 3 is 2.71 bits per heavy atom. The Morgan fingerprint density at radius 1 is 1.41 bits per heavy atom. The lowest BCUT2D eigenvalue weighted by molar-refractivity contribution is -0.136. The van der Waals surface area contributed by atoms with Crippen molar-refractivity contribution in [1.82, 2.24) is 4.98 Å². The fourth-order valence-corrected chi connectivity index (χ4v) is 2.34. The van der Waals surface area contributed by atoms with Crippen molar-refractivity contribution < 1.29 is 18.3 Å². The summed E-state index contributed by atoms with van der Waals surface area (Å²) >= 11 is 0. The van der Waals surface area contributed by atoms with Crippen molar-refractivity contribution >= 4 is 26.7 Å². The third-order valence-electron chi connectivity index (χ3n) is 2.51. The van der Waals surface area contributed by atoms with Gasteiger partial charge in [-0.1, -0.05) is 0 Å². The lowest BCUT2D eigenvalue weighted by Gasteiger charge is -1.99. The van der Waals surface area contributed by atoms with Gasteiger partial charge in [-0.25, -0.2) is 8.42 Å². The standard InChI is InChI=1S/C11H11NO4S/c1-17(15,16)8-2-3-10-9(5-8)7(6-12-10)4-11(13)14/h2-3,5-6,12H,4H2,1H3,(H,13,14). The highest BCUT2D eigenvalue weighted by Gasteiger charge is 2.12. The lowest BCUT2D eigenvalue weighted by Crippen LogP contribution is -2.00. The molecule has 1 aromatic heterocycles. The van der Waals surface area contributed by atoms with Gasteiger partial charge in [0.1, 0.15) is 0 Å². The second-order valence-electron chi connectivity index (χ2n) is 3.86. The van der Waals surface area contributed by atoms with Crippen molar-refractivity contribution in [3.05, 3.63) is 30.0 Å². The summed E-state index contributed by atoms with van der Waals surface area (Å²) in [5, 5.41) is 9.38. The Bertz CT molecular complexity index is 685. The molecule has 90 valence electrons. The average Bonchev–Trinajstić information content (AvgIpc) is 2.59. The van der Waals surface area contributed by atoms with Crippen LogP contribution in [0.2, 0.25) is 0 Å². The molecule has 0 saturated carbocycles. The van der Waals surface area contributed by atoms with E-state index in [9.17, 15) is 13.2 Å². The predicted molar refractivity (Wildman–Crippen MR) is 62.7 cm³/mol. The normalized spacial score (nSPS) is 11.8. The van der Waals surface area contributed by atoms with Crippen molar-refractivity contribution in [2.75, 3.05) is 6.26 Å². The third-order valence-corrected chi connectivity index (χ3v) is 3.62. The van der Waals surface area contributed by atoms with Crippen LogP contribution in [0.1, 0.15) is 5.56 Å². The second-order valence-corrected chi connectivity index (χ2v) is 5.88. The number of carboxylic acid groups (broad SMARTS) is 1.